The molecule has 2 rings (SSSR count). The van der Waals surface area contributed by atoms with E-state index in [1.807, 2.05) is 10.6 Å². The average Bonchev–Trinajstić information content (AvgIpc) is 2.72. The molecule has 102 valence electrons. The molecule has 7 nitrogen and oxygen atoms in total. The van der Waals surface area contributed by atoms with Gasteiger partial charge in [-0.3, -0.25) is 9.78 Å². The lowest BCUT2D eigenvalue weighted by Crippen LogP contribution is -2.27. The predicted octanol–water partition coefficient (Wildman–Crippen LogP) is 0.166. The molecular weight excluding hydrogens is 246 g/mol. The Balaban J connectivity index is 1.98. The van der Waals surface area contributed by atoms with E-state index in [0.717, 1.165) is 11.0 Å². The van der Waals surface area contributed by atoms with Crippen LogP contribution in [0.5, 0.6) is 0 Å². The number of fused-ring (bicyclic) bond motifs is 1. The summed E-state index contributed by atoms with van der Waals surface area (Å²) in [5, 5.41) is 2.76. The number of carbonyl (C=O) groups is 1. The van der Waals surface area contributed by atoms with Crippen molar-refractivity contribution in [2.75, 3.05) is 26.0 Å². The number of aromatic nitrogens is 3. The third-order valence-electron chi connectivity index (χ3n) is 2.77. The van der Waals surface area contributed by atoms with Crippen LogP contribution in [0.3, 0.4) is 0 Å². The molecule has 0 unspecified atom stereocenters. The summed E-state index contributed by atoms with van der Waals surface area (Å²) in [6.07, 6.45) is 3.68. The summed E-state index contributed by atoms with van der Waals surface area (Å²) in [5.41, 5.74) is 7.46. The molecule has 0 saturated heterocycles. The van der Waals surface area contributed by atoms with Gasteiger partial charge in [-0.15, -0.1) is 0 Å². The molecule has 0 aliphatic heterocycles. The smallest absolute Gasteiger partial charge is 0.221 e. The molecule has 0 atom stereocenters. The monoisotopic (exact) mass is 263 g/mol. The van der Waals surface area contributed by atoms with Crippen LogP contribution in [0.2, 0.25) is 0 Å². The summed E-state index contributed by atoms with van der Waals surface area (Å²) in [6, 6.07) is 1.83. The molecule has 19 heavy (non-hydrogen) atoms. The highest BCUT2D eigenvalue weighted by Crippen LogP contribution is 2.16. The van der Waals surface area contributed by atoms with E-state index in [0.29, 0.717) is 32.1 Å². The Morgan fingerprint density at radius 1 is 1.58 bits per heavy atom. The topological polar surface area (TPSA) is 95.1 Å². The Morgan fingerprint density at radius 2 is 2.42 bits per heavy atom. The zero-order valence-electron chi connectivity index (χ0n) is 10.8. The summed E-state index contributed by atoms with van der Waals surface area (Å²) < 4.78 is 6.67. The number of pyridine rings is 1. The van der Waals surface area contributed by atoms with Gasteiger partial charge in [0.1, 0.15) is 5.52 Å². The second kappa shape index (κ2) is 6.14. The zero-order chi connectivity index (χ0) is 13.7. The number of hydrogen-bond donors (Lipinski definition) is 2. The maximum atomic E-state index is 11.6. The lowest BCUT2D eigenvalue weighted by Gasteiger charge is -2.07. The Labute approximate surface area is 110 Å². The van der Waals surface area contributed by atoms with Crippen LogP contribution in [-0.4, -0.2) is 40.7 Å². The van der Waals surface area contributed by atoms with Gasteiger partial charge in [0.25, 0.3) is 0 Å². The van der Waals surface area contributed by atoms with Crippen LogP contribution in [-0.2, 0) is 16.1 Å². The Morgan fingerprint density at radius 3 is 3.21 bits per heavy atom. The van der Waals surface area contributed by atoms with Gasteiger partial charge in [-0.05, 0) is 6.07 Å². The molecule has 1 amide bonds. The molecule has 7 heteroatoms. The quantitative estimate of drug-likeness (QED) is 0.724. The van der Waals surface area contributed by atoms with Gasteiger partial charge in [0.05, 0.1) is 18.3 Å². The van der Waals surface area contributed by atoms with Crippen LogP contribution in [0.25, 0.3) is 11.0 Å². The van der Waals surface area contributed by atoms with E-state index >= 15 is 0 Å². The molecule has 3 N–H and O–H groups in total. The van der Waals surface area contributed by atoms with Crippen molar-refractivity contribution in [3.05, 3.63) is 18.5 Å². The highest BCUT2D eigenvalue weighted by Gasteiger charge is 2.09. The van der Waals surface area contributed by atoms with E-state index in [-0.39, 0.29) is 5.91 Å². The van der Waals surface area contributed by atoms with Gasteiger partial charge < -0.3 is 20.4 Å². The number of imidazole rings is 1. The van der Waals surface area contributed by atoms with Gasteiger partial charge >= 0.3 is 0 Å². The highest BCUT2D eigenvalue weighted by atomic mass is 16.5. The molecule has 0 radical (unpaired) electrons. The number of methoxy groups -OCH3 is 1. The fraction of sp³-hybridized carbons (Fsp3) is 0.417. The van der Waals surface area contributed by atoms with Gasteiger partial charge in [-0.25, -0.2) is 4.98 Å². The molecule has 2 aromatic heterocycles. The molecular formula is C12H17N5O2. The predicted molar refractivity (Wildman–Crippen MR) is 71.4 cm³/mol. The number of nitrogens with zero attached hydrogens (tertiary/aromatic N) is 3. The Kier molecular flexibility index (Phi) is 4.30. The first-order valence-electron chi connectivity index (χ1n) is 6.03. The summed E-state index contributed by atoms with van der Waals surface area (Å²) in [7, 11) is 1.60. The lowest BCUT2D eigenvalue weighted by atomic mass is 10.3. The Hall–Kier alpha value is -2.15. The number of nitrogens with one attached hydrogen (secondary N) is 1. The Bertz CT molecular complexity index is 566. The fourth-order valence-corrected chi connectivity index (χ4v) is 1.83. The average molecular weight is 263 g/mol. The van der Waals surface area contributed by atoms with Crippen molar-refractivity contribution in [2.45, 2.75) is 13.0 Å². The number of amides is 1. The van der Waals surface area contributed by atoms with Crippen LogP contribution >= 0.6 is 0 Å². The lowest BCUT2D eigenvalue weighted by molar-refractivity contribution is -0.121. The molecule has 0 aliphatic carbocycles. The van der Waals surface area contributed by atoms with Crippen LogP contribution in [0.4, 0.5) is 5.95 Å². The third kappa shape index (κ3) is 3.19. The standard InChI is InChI=1S/C12H17N5O2/c1-19-7-5-15-11(18)3-6-17-10-2-4-14-8-9(10)16-12(17)13/h2,4,8H,3,5-7H2,1H3,(H2,13,16)(H,15,18). The van der Waals surface area contributed by atoms with Crippen LogP contribution < -0.4 is 11.1 Å². The van der Waals surface area contributed by atoms with Gasteiger partial charge in [-0.2, -0.15) is 0 Å². The normalized spacial score (nSPS) is 10.8. The van der Waals surface area contributed by atoms with Crippen molar-refractivity contribution >= 4 is 22.9 Å². The second-order valence-corrected chi connectivity index (χ2v) is 4.08. The minimum absolute atomic E-state index is 0.0349. The number of nitrogen functional groups attached to an aromatic ring is 1. The van der Waals surface area contributed by atoms with Crippen LogP contribution in [0.15, 0.2) is 18.5 Å². The minimum Gasteiger partial charge on any atom is -0.383 e. The largest absolute Gasteiger partial charge is 0.383 e. The number of aryl methyl sites for hydroxylation is 1. The van der Waals surface area contributed by atoms with Crippen LogP contribution in [0, 0.1) is 0 Å². The first-order chi connectivity index (χ1) is 9.22. The number of hydrogen-bond acceptors (Lipinski definition) is 5. The molecule has 0 saturated carbocycles. The molecule has 0 aromatic carbocycles. The van der Waals surface area contributed by atoms with Gasteiger partial charge in [0, 0.05) is 32.8 Å². The van der Waals surface area contributed by atoms with Gasteiger partial charge in [-0.1, -0.05) is 0 Å². The van der Waals surface area contributed by atoms with E-state index in [2.05, 4.69) is 15.3 Å². The third-order valence-corrected chi connectivity index (χ3v) is 2.77. The molecule has 2 aromatic rings. The summed E-state index contributed by atoms with van der Waals surface area (Å²) in [6.45, 7) is 1.51. The molecule has 0 aliphatic rings. The second-order valence-electron chi connectivity index (χ2n) is 4.08. The number of rotatable bonds is 6. The SMILES string of the molecule is COCCNC(=O)CCn1c(N)nc2cnccc21. The van der Waals surface area contributed by atoms with Gasteiger partial charge in [0.2, 0.25) is 11.9 Å². The van der Waals surface area contributed by atoms with Crippen molar-refractivity contribution in [1.82, 2.24) is 19.9 Å². The van der Waals surface area contributed by atoms with Crippen molar-refractivity contribution in [1.29, 1.82) is 0 Å². The van der Waals surface area contributed by atoms with E-state index < -0.39 is 0 Å². The maximum absolute atomic E-state index is 11.6. The maximum Gasteiger partial charge on any atom is 0.221 e. The number of nitrogens with two attached hydrogens (primary N) is 1. The van der Waals surface area contributed by atoms with E-state index in [9.17, 15) is 4.79 Å². The molecule has 0 spiro atoms. The fourth-order valence-electron chi connectivity index (χ4n) is 1.83. The first-order valence-corrected chi connectivity index (χ1v) is 6.03. The number of anilines is 1. The summed E-state index contributed by atoms with van der Waals surface area (Å²) in [4.78, 5) is 19.8. The highest BCUT2D eigenvalue weighted by molar-refractivity contribution is 5.78. The van der Waals surface area contributed by atoms with Crippen molar-refractivity contribution in [3.8, 4) is 0 Å². The number of ether oxygens (including phenoxy) is 1. The van der Waals surface area contributed by atoms with Crippen molar-refractivity contribution in [3.63, 3.8) is 0 Å². The minimum atomic E-state index is -0.0349. The van der Waals surface area contributed by atoms with Crippen LogP contribution in [0.1, 0.15) is 6.42 Å². The first kappa shape index (κ1) is 13.3. The van der Waals surface area contributed by atoms with Gasteiger partial charge in [0.15, 0.2) is 0 Å². The summed E-state index contributed by atoms with van der Waals surface area (Å²) in [5.74, 6) is 0.361. The molecule has 0 fully saturated rings. The number of carbonyl (C=O) groups excluding carboxylic acids is 1. The molecule has 0 bridgehead atoms. The summed E-state index contributed by atoms with van der Waals surface area (Å²) >= 11 is 0. The van der Waals surface area contributed by atoms with E-state index in [1.54, 1.807) is 19.5 Å². The van der Waals surface area contributed by atoms with Crippen molar-refractivity contribution in [2.24, 2.45) is 0 Å². The molecule has 2 heterocycles. The van der Waals surface area contributed by atoms with E-state index in [4.69, 9.17) is 10.5 Å². The van der Waals surface area contributed by atoms with E-state index in [1.165, 1.54) is 0 Å². The zero-order valence-corrected chi connectivity index (χ0v) is 10.8. The van der Waals surface area contributed by atoms with Crippen molar-refractivity contribution < 1.29 is 9.53 Å².